The van der Waals surface area contributed by atoms with Crippen LogP contribution in [-0.2, 0) is 4.79 Å². The van der Waals surface area contributed by atoms with Crippen LogP contribution in [0, 0.1) is 17.6 Å². The van der Waals surface area contributed by atoms with Crippen LogP contribution < -0.4 is 20.7 Å². The van der Waals surface area contributed by atoms with Crippen molar-refractivity contribution in [3.63, 3.8) is 0 Å². The standard InChI is InChI=1S/C19H17F2N3O2S/c1-10-16(18(25)23-11-7-8-13(20)14(21)9-11)17(24-19(27)22-10)12-5-3-4-6-15(12)26-2/h3-9,16-17H,1H2,2H3,(H,23,25)(H2,22,24,27)/t16-,17-/m1/s1. The third-order valence-corrected chi connectivity index (χ3v) is 4.43. The lowest BCUT2D eigenvalue weighted by Crippen LogP contribution is -2.51. The van der Waals surface area contributed by atoms with E-state index in [1.807, 2.05) is 18.2 Å². The molecule has 140 valence electrons. The van der Waals surface area contributed by atoms with Crippen molar-refractivity contribution in [2.24, 2.45) is 5.92 Å². The summed E-state index contributed by atoms with van der Waals surface area (Å²) in [6.07, 6.45) is 0. The summed E-state index contributed by atoms with van der Waals surface area (Å²) in [7, 11) is 1.53. The first kappa shape index (κ1) is 18.8. The minimum atomic E-state index is -1.05. The van der Waals surface area contributed by atoms with Crippen LogP contribution in [0.3, 0.4) is 0 Å². The second kappa shape index (κ2) is 7.71. The molecule has 0 aliphatic carbocycles. The van der Waals surface area contributed by atoms with E-state index >= 15 is 0 Å². The molecule has 2 aromatic rings. The SMILES string of the molecule is C=C1NC(=S)N[C@H](c2ccccc2OC)[C@@H]1C(=O)Nc1ccc(F)c(F)c1. The molecule has 2 atom stereocenters. The molecular weight excluding hydrogens is 372 g/mol. The molecule has 1 heterocycles. The van der Waals surface area contributed by atoms with Crippen molar-refractivity contribution >= 4 is 28.9 Å². The van der Waals surface area contributed by atoms with Crippen LogP contribution in [0.2, 0.25) is 0 Å². The van der Waals surface area contributed by atoms with Gasteiger partial charge in [-0.25, -0.2) is 8.78 Å². The van der Waals surface area contributed by atoms with Gasteiger partial charge in [0.15, 0.2) is 16.7 Å². The molecule has 2 aromatic carbocycles. The fourth-order valence-corrected chi connectivity index (χ4v) is 3.23. The maximum Gasteiger partial charge on any atom is 0.235 e. The summed E-state index contributed by atoms with van der Waals surface area (Å²) in [6.45, 7) is 3.90. The lowest BCUT2D eigenvalue weighted by Gasteiger charge is -2.36. The van der Waals surface area contributed by atoms with Crippen LogP contribution in [0.5, 0.6) is 5.75 Å². The zero-order valence-corrected chi connectivity index (χ0v) is 15.2. The Morgan fingerprint density at radius 3 is 2.67 bits per heavy atom. The van der Waals surface area contributed by atoms with E-state index in [4.69, 9.17) is 17.0 Å². The molecule has 27 heavy (non-hydrogen) atoms. The van der Waals surface area contributed by atoms with Crippen LogP contribution in [-0.4, -0.2) is 18.1 Å². The number of rotatable bonds is 4. The van der Waals surface area contributed by atoms with Gasteiger partial charge in [0.2, 0.25) is 5.91 Å². The Bertz CT molecular complexity index is 920. The second-order valence-electron chi connectivity index (χ2n) is 5.94. The van der Waals surface area contributed by atoms with Gasteiger partial charge in [0, 0.05) is 23.0 Å². The largest absolute Gasteiger partial charge is 0.496 e. The molecular formula is C19H17F2N3O2S. The Hall–Kier alpha value is -3.00. The van der Waals surface area contributed by atoms with Gasteiger partial charge in [0.1, 0.15) is 11.7 Å². The summed E-state index contributed by atoms with van der Waals surface area (Å²) in [6, 6.07) is 9.82. The number of carbonyl (C=O) groups excluding carboxylic acids is 1. The Kier molecular flexibility index (Phi) is 5.36. The average Bonchev–Trinajstić information content (AvgIpc) is 2.64. The van der Waals surface area contributed by atoms with Gasteiger partial charge >= 0.3 is 0 Å². The predicted molar refractivity (Wildman–Crippen MR) is 102 cm³/mol. The highest BCUT2D eigenvalue weighted by Crippen LogP contribution is 2.35. The van der Waals surface area contributed by atoms with Crippen molar-refractivity contribution in [3.8, 4) is 5.75 Å². The number of nitrogens with one attached hydrogen (secondary N) is 3. The Labute approximate surface area is 160 Å². The van der Waals surface area contributed by atoms with Gasteiger partial charge in [-0.1, -0.05) is 24.8 Å². The molecule has 1 aliphatic heterocycles. The smallest absolute Gasteiger partial charge is 0.235 e. The maximum absolute atomic E-state index is 13.4. The van der Waals surface area contributed by atoms with Crippen LogP contribution in [0.25, 0.3) is 0 Å². The Morgan fingerprint density at radius 2 is 1.96 bits per heavy atom. The molecule has 3 rings (SSSR count). The molecule has 3 N–H and O–H groups in total. The number of carbonyl (C=O) groups is 1. The minimum Gasteiger partial charge on any atom is -0.496 e. The predicted octanol–water partition coefficient (Wildman–Crippen LogP) is 3.26. The molecule has 5 nitrogen and oxygen atoms in total. The number of para-hydroxylation sites is 1. The normalized spacial score (nSPS) is 19.1. The molecule has 0 spiro atoms. The van der Waals surface area contributed by atoms with Gasteiger partial charge in [-0.2, -0.15) is 0 Å². The first-order valence-corrected chi connectivity index (χ1v) is 8.46. The monoisotopic (exact) mass is 389 g/mol. The molecule has 1 fully saturated rings. The van der Waals surface area contributed by atoms with Gasteiger partial charge in [-0.15, -0.1) is 0 Å². The first-order chi connectivity index (χ1) is 12.9. The maximum atomic E-state index is 13.4. The number of amides is 1. The van der Waals surface area contributed by atoms with Crippen molar-refractivity contribution in [1.82, 2.24) is 10.6 Å². The number of methoxy groups -OCH3 is 1. The molecule has 1 aliphatic rings. The van der Waals surface area contributed by atoms with E-state index in [1.54, 1.807) is 6.07 Å². The molecule has 0 unspecified atom stereocenters. The second-order valence-corrected chi connectivity index (χ2v) is 6.35. The van der Waals surface area contributed by atoms with Gasteiger partial charge in [-0.05, 0) is 30.4 Å². The van der Waals surface area contributed by atoms with Crippen molar-refractivity contribution in [2.75, 3.05) is 12.4 Å². The number of benzene rings is 2. The molecule has 0 radical (unpaired) electrons. The van der Waals surface area contributed by atoms with Crippen molar-refractivity contribution < 1.29 is 18.3 Å². The molecule has 0 saturated carbocycles. The van der Waals surface area contributed by atoms with E-state index in [2.05, 4.69) is 22.5 Å². The van der Waals surface area contributed by atoms with Crippen molar-refractivity contribution in [1.29, 1.82) is 0 Å². The number of halogens is 2. The van der Waals surface area contributed by atoms with E-state index in [0.717, 1.165) is 17.7 Å². The number of hydrogen-bond donors (Lipinski definition) is 3. The highest BCUT2D eigenvalue weighted by atomic mass is 32.1. The van der Waals surface area contributed by atoms with Gasteiger partial charge in [0.25, 0.3) is 0 Å². The van der Waals surface area contributed by atoms with Gasteiger partial charge in [-0.3, -0.25) is 4.79 Å². The van der Waals surface area contributed by atoms with E-state index in [1.165, 1.54) is 13.2 Å². The van der Waals surface area contributed by atoms with Crippen LogP contribution in [0.4, 0.5) is 14.5 Å². The fourth-order valence-electron chi connectivity index (χ4n) is 2.97. The van der Waals surface area contributed by atoms with Crippen molar-refractivity contribution in [2.45, 2.75) is 6.04 Å². The van der Waals surface area contributed by atoms with Crippen LogP contribution >= 0.6 is 12.2 Å². The van der Waals surface area contributed by atoms with E-state index in [-0.39, 0.29) is 5.69 Å². The third-order valence-electron chi connectivity index (χ3n) is 4.21. The first-order valence-electron chi connectivity index (χ1n) is 8.06. The van der Waals surface area contributed by atoms with Gasteiger partial charge in [0.05, 0.1) is 13.2 Å². The third kappa shape index (κ3) is 3.90. The fraction of sp³-hybridized carbons (Fsp3) is 0.158. The molecule has 8 heteroatoms. The number of anilines is 1. The topological polar surface area (TPSA) is 62.4 Å². The highest BCUT2D eigenvalue weighted by molar-refractivity contribution is 7.80. The Morgan fingerprint density at radius 1 is 1.22 bits per heavy atom. The Balaban J connectivity index is 1.93. The van der Waals surface area contributed by atoms with Crippen LogP contribution in [0.15, 0.2) is 54.7 Å². The number of ether oxygens (including phenoxy) is 1. The van der Waals surface area contributed by atoms with E-state index in [0.29, 0.717) is 16.6 Å². The summed E-state index contributed by atoms with van der Waals surface area (Å²) in [5.74, 6) is -2.69. The van der Waals surface area contributed by atoms with Crippen molar-refractivity contribution in [3.05, 3.63) is 71.9 Å². The summed E-state index contributed by atoms with van der Waals surface area (Å²) in [4.78, 5) is 12.9. The quantitative estimate of drug-likeness (QED) is 0.701. The number of thiocarbonyl (C=S) groups is 1. The van der Waals surface area contributed by atoms with Crippen LogP contribution in [0.1, 0.15) is 11.6 Å². The zero-order chi connectivity index (χ0) is 19.6. The summed E-state index contributed by atoms with van der Waals surface area (Å²) in [5.41, 5.74) is 1.24. The van der Waals surface area contributed by atoms with Gasteiger partial charge < -0.3 is 20.7 Å². The summed E-state index contributed by atoms with van der Waals surface area (Å²) >= 11 is 5.19. The summed E-state index contributed by atoms with van der Waals surface area (Å²) in [5, 5.41) is 8.82. The lowest BCUT2D eigenvalue weighted by atomic mass is 9.87. The number of hydrogen-bond acceptors (Lipinski definition) is 3. The lowest BCUT2D eigenvalue weighted by molar-refractivity contribution is -0.119. The minimum absolute atomic E-state index is 0.138. The molecule has 1 amide bonds. The highest BCUT2D eigenvalue weighted by Gasteiger charge is 2.38. The molecule has 1 saturated heterocycles. The zero-order valence-electron chi connectivity index (χ0n) is 14.4. The summed E-state index contributed by atoms with van der Waals surface area (Å²) < 4.78 is 31.9. The molecule has 0 aromatic heterocycles. The van der Waals surface area contributed by atoms with E-state index in [9.17, 15) is 13.6 Å². The van der Waals surface area contributed by atoms with E-state index < -0.39 is 29.5 Å². The average molecular weight is 389 g/mol. The molecule has 0 bridgehead atoms.